The second kappa shape index (κ2) is 12.0. The molecule has 0 aliphatic heterocycles. The fourth-order valence-electron chi connectivity index (χ4n) is 4.56. The molecule has 0 unspecified atom stereocenters. The number of benzene rings is 5. The van der Waals surface area contributed by atoms with Crippen LogP contribution in [0.25, 0.3) is 0 Å². The molecule has 0 heterocycles. The molecule has 182 valence electrons. The van der Waals surface area contributed by atoms with Crippen molar-refractivity contribution in [3.05, 3.63) is 156 Å². The Morgan fingerprint density at radius 2 is 1.08 bits per heavy atom. The molecule has 0 saturated carbocycles. The predicted molar refractivity (Wildman–Crippen MR) is 168 cm³/mol. The summed E-state index contributed by atoms with van der Waals surface area (Å²) in [6.45, 7) is -2.29. The monoisotopic (exact) mass is 580 g/mol. The van der Waals surface area contributed by atoms with E-state index in [2.05, 4.69) is 143 Å². The van der Waals surface area contributed by atoms with Crippen LogP contribution < -0.4 is 21.2 Å². The van der Waals surface area contributed by atoms with Gasteiger partial charge in [0.25, 0.3) is 0 Å². The third-order valence-corrected chi connectivity index (χ3v) is 14.7. The Labute approximate surface area is 229 Å². The average Bonchev–Trinajstić information content (AvgIpc) is 2.97. The van der Waals surface area contributed by atoms with Crippen LogP contribution >= 0.6 is 30.7 Å². The van der Waals surface area contributed by atoms with Gasteiger partial charge in [-0.25, -0.2) is 0 Å². The Morgan fingerprint density at radius 3 is 1.54 bits per heavy atom. The Kier molecular flexibility index (Phi) is 8.32. The molecule has 0 atom stereocenters. The Balaban J connectivity index is 1.78. The largest absolute Gasteiger partial charge is 0.289 e. The zero-order chi connectivity index (χ0) is 25.5. The Hall–Kier alpha value is -3.02. The summed E-state index contributed by atoms with van der Waals surface area (Å²) in [5, 5.41) is 5.10. The SMILES string of the molecule is O=C(C=P(CP(c1ccccc1)c1ccccc1)(c1ccccc1)c1ccccc1)c1cccc(Br)c1. The zero-order valence-electron chi connectivity index (χ0n) is 20.3. The summed E-state index contributed by atoms with van der Waals surface area (Å²) >= 11 is 3.55. The molecule has 0 spiro atoms. The molecule has 0 N–H and O–H groups in total. The van der Waals surface area contributed by atoms with Crippen molar-refractivity contribution in [3.8, 4) is 0 Å². The highest BCUT2D eigenvalue weighted by molar-refractivity contribution is 9.10. The molecule has 0 bridgehead atoms. The first kappa shape index (κ1) is 25.6. The minimum atomic E-state index is -2.29. The van der Waals surface area contributed by atoms with Crippen molar-refractivity contribution in [2.75, 3.05) is 5.90 Å². The van der Waals surface area contributed by atoms with Crippen molar-refractivity contribution in [1.82, 2.24) is 0 Å². The van der Waals surface area contributed by atoms with Crippen molar-refractivity contribution in [2.24, 2.45) is 0 Å². The molecule has 0 saturated heterocycles. The smallest absolute Gasteiger partial charge is 0.186 e. The first-order valence-corrected chi connectivity index (χ1v) is 16.5. The highest BCUT2D eigenvalue weighted by Crippen LogP contribution is 2.55. The first-order valence-electron chi connectivity index (χ1n) is 12.2. The summed E-state index contributed by atoms with van der Waals surface area (Å²) in [5.74, 6) is 3.02. The van der Waals surface area contributed by atoms with Crippen LogP contribution in [-0.4, -0.2) is 17.5 Å². The van der Waals surface area contributed by atoms with Gasteiger partial charge in [-0.05, 0) is 54.0 Å². The van der Waals surface area contributed by atoms with E-state index in [1.165, 1.54) is 21.2 Å². The molecular weight excluding hydrogens is 554 g/mol. The normalized spacial score (nSPS) is 11.3. The van der Waals surface area contributed by atoms with Gasteiger partial charge in [-0.15, -0.1) is 0 Å². The number of hydrogen-bond donors (Lipinski definition) is 0. The number of Topliss-reactive ketones (excluding diaryl/α,β-unsaturated/α-hetero) is 1. The zero-order valence-corrected chi connectivity index (χ0v) is 23.7. The van der Waals surface area contributed by atoms with Crippen LogP contribution in [0.2, 0.25) is 0 Å². The van der Waals surface area contributed by atoms with Crippen LogP contribution in [0.4, 0.5) is 0 Å². The second-order valence-corrected chi connectivity index (χ2v) is 15.7. The first-order chi connectivity index (χ1) is 18.2. The molecule has 4 heteroatoms. The maximum absolute atomic E-state index is 14.0. The highest BCUT2D eigenvalue weighted by atomic mass is 79.9. The van der Waals surface area contributed by atoms with Crippen LogP contribution in [0.15, 0.2) is 150 Å². The van der Waals surface area contributed by atoms with Crippen molar-refractivity contribution in [3.63, 3.8) is 0 Å². The average molecular weight is 581 g/mol. The lowest BCUT2D eigenvalue weighted by molar-refractivity contribution is 0.107. The number of carbonyl (C=O) groups excluding carboxylic acids is 1. The Morgan fingerprint density at radius 1 is 0.622 bits per heavy atom. The van der Waals surface area contributed by atoms with E-state index in [1.807, 2.05) is 24.3 Å². The summed E-state index contributed by atoms with van der Waals surface area (Å²) < 4.78 is 0.908. The summed E-state index contributed by atoms with van der Waals surface area (Å²) in [6.07, 6.45) is 0. The standard InChI is InChI=1S/C33H27BrOP2/c34-28-15-13-14-27(24-28)33(35)25-37(31-20-9-3-10-21-31,32-22-11-4-12-23-32)26-36(29-16-5-1-6-17-29)30-18-7-2-8-19-30/h1-25H,26H2. The number of rotatable bonds is 8. The number of carbonyl (C=O) groups is 1. The van der Waals surface area contributed by atoms with Crippen LogP contribution in [-0.2, 0) is 0 Å². The molecule has 0 aromatic heterocycles. The molecule has 37 heavy (non-hydrogen) atoms. The molecule has 0 aliphatic carbocycles. The van der Waals surface area contributed by atoms with Gasteiger partial charge in [-0.1, -0.05) is 149 Å². The van der Waals surface area contributed by atoms with Gasteiger partial charge in [0.15, 0.2) is 5.78 Å². The van der Waals surface area contributed by atoms with Gasteiger partial charge < -0.3 is 0 Å². The van der Waals surface area contributed by atoms with Crippen molar-refractivity contribution in [2.45, 2.75) is 0 Å². The van der Waals surface area contributed by atoms with Crippen LogP contribution in [0.3, 0.4) is 0 Å². The van der Waals surface area contributed by atoms with Gasteiger partial charge >= 0.3 is 0 Å². The minimum Gasteiger partial charge on any atom is -0.289 e. The summed E-state index contributed by atoms with van der Waals surface area (Å²) in [6, 6.07) is 50.6. The van der Waals surface area contributed by atoms with Crippen LogP contribution in [0, 0.1) is 0 Å². The second-order valence-electron chi connectivity index (χ2n) is 8.78. The van der Waals surface area contributed by atoms with E-state index < -0.39 is 14.8 Å². The molecule has 0 aliphatic rings. The van der Waals surface area contributed by atoms with E-state index in [9.17, 15) is 4.79 Å². The van der Waals surface area contributed by atoms with Gasteiger partial charge in [0.05, 0.1) is 0 Å². The molecule has 5 aromatic carbocycles. The molecule has 5 rings (SSSR count). The lowest BCUT2D eigenvalue weighted by Crippen LogP contribution is -2.26. The van der Waals surface area contributed by atoms with Crippen molar-refractivity contribution in [1.29, 1.82) is 0 Å². The predicted octanol–water partition coefficient (Wildman–Crippen LogP) is 7.19. The fraction of sp³-hybridized carbons (Fsp3) is 0.0303. The van der Waals surface area contributed by atoms with Gasteiger partial charge in [0.1, 0.15) is 0 Å². The molecule has 1 nitrogen and oxygen atoms in total. The van der Waals surface area contributed by atoms with Crippen molar-refractivity contribution < 1.29 is 4.79 Å². The molecule has 5 aromatic rings. The van der Waals surface area contributed by atoms with Crippen molar-refractivity contribution >= 4 is 63.5 Å². The van der Waals surface area contributed by atoms with E-state index in [-0.39, 0.29) is 5.78 Å². The van der Waals surface area contributed by atoms with E-state index in [4.69, 9.17) is 0 Å². The third-order valence-electron chi connectivity index (χ3n) is 6.38. The Bertz CT molecular complexity index is 1440. The quantitative estimate of drug-likeness (QED) is 0.140. The van der Waals surface area contributed by atoms with Crippen LogP contribution in [0.1, 0.15) is 10.4 Å². The topological polar surface area (TPSA) is 17.1 Å². The maximum atomic E-state index is 14.0. The van der Waals surface area contributed by atoms with Crippen LogP contribution in [0.5, 0.6) is 0 Å². The molecule has 0 radical (unpaired) electrons. The molecule has 0 fully saturated rings. The lowest BCUT2D eigenvalue weighted by Gasteiger charge is -2.32. The van der Waals surface area contributed by atoms with Gasteiger partial charge in [0.2, 0.25) is 0 Å². The minimum absolute atomic E-state index is 0.0680. The third kappa shape index (κ3) is 5.94. The van der Waals surface area contributed by atoms with Gasteiger partial charge in [-0.3, -0.25) is 4.79 Å². The maximum Gasteiger partial charge on any atom is 0.186 e. The van der Waals surface area contributed by atoms with E-state index in [0.29, 0.717) is 5.56 Å². The molecule has 0 amide bonds. The summed E-state index contributed by atoms with van der Waals surface area (Å²) in [7, 11) is -0.735. The lowest BCUT2D eigenvalue weighted by atomic mass is 10.2. The summed E-state index contributed by atoms with van der Waals surface area (Å²) in [4.78, 5) is 14.0. The van der Waals surface area contributed by atoms with E-state index in [0.717, 1.165) is 10.4 Å². The summed E-state index contributed by atoms with van der Waals surface area (Å²) in [5.41, 5.74) is 0.703. The fourth-order valence-corrected chi connectivity index (χ4v) is 13.6. The number of ketones is 1. The highest BCUT2D eigenvalue weighted by Gasteiger charge is 2.29. The van der Waals surface area contributed by atoms with E-state index >= 15 is 0 Å². The van der Waals surface area contributed by atoms with Gasteiger partial charge in [0, 0.05) is 15.9 Å². The molecular formula is C33H27BrOP2. The number of hydrogen-bond acceptors (Lipinski definition) is 1. The number of halogens is 1. The van der Waals surface area contributed by atoms with Gasteiger partial charge in [-0.2, -0.15) is 0 Å². The van der Waals surface area contributed by atoms with E-state index in [1.54, 1.807) is 0 Å².